The van der Waals surface area contributed by atoms with E-state index in [9.17, 15) is 9.59 Å². The standard InChI is InChI=1S/C22H28N4O4/c23-17(13-27)22(29)26-10-8-16(9-11-26)20(15-4-2-1-3-5-15)24-21(28)18-12-19(30-25-18)14-6-7-14/h1-5,12,14,16-17,20,27H,6-11,13,23H2,(H,24,28)/t17-,20?/m0/s1. The maximum Gasteiger partial charge on any atom is 0.273 e. The van der Waals surface area contributed by atoms with Gasteiger partial charge in [0.2, 0.25) is 5.91 Å². The first kappa shape index (κ1) is 20.6. The first-order valence-corrected chi connectivity index (χ1v) is 10.5. The molecule has 4 rings (SSSR count). The van der Waals surface area contributed by atoms with Gasteiger partial charge in [-0.1, -0.05) is 35.5 Å². The zero-order valence-electron chi connectivity index (χ0n) is 16.9. The minimum atomic E-state index is -0.876. The Morgan fingerprint density at radius 3 is 2.53 bits per heavy atom. The SMILES string of the molecule is N[C@@H](CO)C(=O)N1CCC(C(NC(=O)c2cc(C3CC3)on2)c2ccccc2)CC1. The quantitative estimate of drug-likeness (QED) is 0.635. The summed E-state index contributed by atoms with van der Waals surface area (Å²) in [5, 5.41) is 16.2. The van der Waals surface area contributed by atoms with Crippen LogP contribution in [0.15, 0.2) is 40.9 Å². The molecule has 4 N–H and O–H groups in total. The highest BCUT2D eigenvalue weighted by molar-refractivity contribution is 5.92. The van der Waals surface area contributed by atoms with E-state index in [4.69, 9.17) is 15.4 Å². The predicted molar refractivity (Wildman–Crippen MR) is 109 cm³/mol. The highest BCUT2D eigenvalue weighted by Crippen LogP contribution is 2.40. The molecule has 1 saturated heterocycles. The molecule has 0 bridgehead atoms. The lowest BCUT2D eigenvalue weighted by Crippen LogP contribution is -2.49. The lowest BCUT2D eigenvalue weighted by molar-refractivity contribution is -0.135. The van der Waals surface area contributed by atoms with Crippen molar-refractivity contribution in [2.45, 2.75) is 43.7 Å². The number of benzene rings is 1. The van der Waals surface area contributed by atoms with Crippen molar-refractivity contribution in [3.8, 4) is 0 Å². The van der Waals surface area contributed by atoms with Gasteiger partial charge in [0.25, 0.3) is 5.91 Å². The molecule has 160 valence electrons. The monoisotopic (exact) mass is 412 g/mol. The molecule has 8 heteroatoms. The molecule has 2 aromatic rings. The van der Waals surface area contributed by atoms with Gasteiger partial charge in [0.1, 0.15) is 11.8 Å². The van der Waals surface area contributed by atoms with Gasteiger partial charge in [0.05, 0.1) is 12.6 Å². The number of nitrogens with one attached hydrogen (secondary N) is 1. The summed E-state index contributed by atoms with van der Waals surface area (Å²) in [6, 6.07) is 10.5. The third-order valence-electron chi connectivity index (χ3n) is 6.02. The molecular formula is C22H28N4O4. The normalized spacial score (nSPS) is 19.3. The van der Waals surface area contributed by atoms with E-state index in [2.05, 4.69) is 10.5 Å². The zero-order valence-corrected chi connectivity index (χ0v) is 16.9. The third-order valence-corrected chi connectivity index (χ3v) is 6.02. The molecule has 1 unspecified atom stereocenters. The number of hydrogen-bond donors (Lipinski definition) is 3. The molecule has 2 fully saturated rings. The van der Waals surface area contributed by atoms with E-state index >= 15 is 0 Å². The molecule has 2 heterocycles. The number of aliphatic hydroxyl groups is 1. The molecule has 1 saturated carbocycles. The molecule has 2 amide bonds. The van der Waals surface area contributed by atoms with Crippen LogP contribution in [0.5, 0.6) is 0 Å². The van der Waals surface area contributed by atoms with Gasteiger partial charge in [-0.25, -0.2) is 0 Å². The van der Waals surface area contributed by atoms with Crippen LogP contribution >= 0.6 is 0 Å². The molecule has 1 aliphatic heterocycles. The number of aliphatic hydroxyl groups excluding tert-OH is 1. The number of aromatic nitrogens is 1. The van der Waals surface area contributed by atoms with Gasteiger partial charge in [-0.15, -0.1) is 0 Å². The predicted octanol–water partition coefficient (Wildman–Crippen LogP) is 1.58. The topological polar surface area (TPSA) is 122 Å². The van der Waals surface area contributed by atoms with Crippen LogP contribution in [0.1, 0.15) is 59.5 Å². The maximum absolute atomic E-state index is 12.9. The Morgan fingerprint density at radius 2 is 1.90 bits per heavy atom. The molecule has 2 aliphatic rings. The van der Waals surface area contributed by atoms with Crippen molar-refractivity contribution < 1.29 is 19.2 Å². The Morgan fingerprint density at radius 1 is 1.20 bits per heavy atom. The van der Waals surface area contributed by atoms with Crippen molar-refractivity contribution in [1.82, 2.24) is 15.4 Å². The molecular weight excluding hydrogens is 384 g/mol. The summed E-state index contributed by atoms with van der Waals surface area (Å²) in [7, 11) is 0. The highest BCUT2D eigenvalue weighted by Gasteiger charge is 2.33. The fourth-order valence-electron chi connectivity index (χ4n) is 4.07. The van der Waals surface area contributed by atoms with Gasteiger partial charge in [-0.05, 0) is 37.2 Å². The summed E-state index contributed by atoms with van der Waals surface area (Å²) in [5.41, 5.74) is 7.00. The van der Waals surface area contributed by atoms with Crippen LogP contribution in [0.25, 0.3) is 0 Å². The fraction of sp³-hybridized carbons (Fsp3) is 0.500. The van der Waals surface area contributed by atoms with Crippen LogP contribution in [-0.4, -0.2) is 52.7 Å². The molecule has 1 aromatic carbocycles. The second-order valence-corrected chi connectivity index (χ2v) is 8.20. The van der Waals surface area contributed by atoms with Crippen molar-refractivity contribution in [3.63, 3.8) is 0 Å². The number of nitrogens with two attached hydrogens (primary N) is 1. The van der Waals surface area contributed by atoms with Gasteiger partial charge in [-0.3, -0.25) is 9.59 Å². The summed E-state index contributed by atoms with van der Waals surface area (Å²) in [4.78, 5) is 26.8. The second kappa shape index (κ2) is 8.97. The Kier molecular flexibility index (Phi) is 6.15. The summed E-state index contributed by atoms with van der Waals surface area (Å²) in [6.07, 6.45) is 3.63. The number of carbonyl (C=O) groups is 2. The summed E-state index contributed by atoms with van der Waals surface area (Å²) < 4.78 is 5.33. The molecule has 0 radical (unpaired) electrons. The van der Waals surface area contributed by atoms with Crippen LogP contribution in [0.3, 0.4) is 0 Å². The van der Waals surface area contributed by atoms with E-state index < -0.39 is 6.04 Å². The van der Waals surface area contributed by atoms with Gasteiger partial charge < -0.3 is 25.6 Å². The van der Waals surface area contributed by atoms with E-state index in [-0.39, 0.29) is 30.4 Å². The minimum Gasteiger partial charge on any atom is -0.394 e. The van der Waals surface area contributed by atoms with E-state index in [1.807, 2.05) is 30.3 Å². The number of likely N-dealkylation sites (tertiary alicyclic amines) is 1. The Bertz CT molecular complexity index is 872. The van der Waals surface area contributed by atoms with Gasteiger partial charge >= 0.3 is 0 Å². The van der Waals surface area contributed by atoms with Gasteiger partial charge in [0, 0.05) is 25.1 Å². The zero-order chi connectivity index (χ0) is 21.1. The molecule has 2 atom stereocenters. The van der Waals surface area contributed by atoms with Crippen molar-refractivity contribution in [1.29, 1.82) is 0 Å². The molecule has 8 nitrogen and oxygen atoms in total. The summed E-state index contributed by atoms with van der Waals surface area (Å²) >= 11 is 0. The number of hydrogen-bond acceptors (Lipinski definition) is 6. The first-order valence-electron chi connectivity index (χ1n) is 10.5. The maximum atomic E-state index is 12.9. The number of piperidine rings is 1. The number of nitrogens with zero attached hydrogens (tertiary/aromatic N) is 2. The fourth-order valence-corrected chi connectivity index (χ4v) is 4.07. The Hall–Kier alpha value is -2.71. The average Bonchev–Trinajstić information content (AvgIpc) is 3.53. The largest absolute Gasteiger partial charge is 0.394 e. The van der Waals surface area contributed by atoms with Crippen LogP contribution in [-0.2, 0) is 4.79 Å². The first-order chi connectivity index (χ1) is 14.6. The number of rotatable bonds is 7. The van der Waals surface area contributed by atoms with Crippen LogP contribution < -0.4 is 11.1 Å². The van der Waals surface area contributed by atoms with Crippen LogP contribution in [0, 0.1) is 5.92 Å². The number of carbonyl (C=O) groups excluding carboxylic acids is 2. The Labute approximate surface area is 175 Å². The summed E-state index contributed by atoms with van der Waals surface area (Å²) in [5.74, 6) is 0.867. The molecule has 1 aromatic heterocycles. The Balaban J connectivity index is 1.45. The van der Waals surface area contributed by atoms with Gasteiger partial charge in [-0.2, -0.15) is 0 Å². The minimum absolute atomic E-state index is 0.167. The van der Waals surface area contributed by atoms with Gasteiger partial charge in [0.15, 0.2) is 5.69 Å². The van der Waals surface area contributed by atoms with Crippen molar-refractivity contribution in [2.24, 2.45) is 11.7 Å². The molecule has 0 spiro atoms. The van der Waals surface area contributed by atoms with E-state index in [1.165, 1.54) is 0 Å². The molecule has 30 heavy (non-hydrogen) atoms. The number of amides is 2. The van der Waals surface area contributed by atoms with Crippen molar-refractivity contribution >= 4 is 11.8 Å². The smallest absolute Gasteiger partial charge is 0.273 e. The lowest BCUT2D eigenvalue weighted by atomic mass is 9.85. The third kappa shape index (κ3) is 4.55. The lowest BCUT2D eigenvalue weighted by Gasteiger charge is -2.37. The second-order valence-electron chi connectivity index (χ2n) is 8.20. The van der Waals surface area contributed by atoms with Crippen LogP contribution in [0.2, 0.25) is 0 Å². The van der Waals surface area contributed by atoms with Crippen molar-refractivity contribution in [3.05, 3.63) is 53.4 Å². The van der Waals surface area contributed by atoms with E-state index in [0.717, 1.165) is 37.0 Å². The summed E-state index contributed by atoms with van der Waals surface area (Å²) in [6.45, 7) is 0.736. The molecule has 1 aliphatic carbocycles. The highest BCUT2D eigenvalue weighted by atomic mass is 16.5. The average molecular weight is 412 g/mol. The van der Waals surface area contributed by atoms with Crippen molar-refractivity contribution in [2.75, 3.05) is 19.7 Å². The van der Waals surface area contributed by atoms with E-state index in [1.54, 1.807) is 11.0 Å². The van der Waals surface area contributed by atoms with E-state index in [0.29, 0.717) is 24.7 Å². The van der Waals surface area contributed by atoms with Crippen LogP contribution in [0.4, 0.5) is 0 Å².